The number of methoxy groups -OCH3 is 1. The van der Waals surface area contributed by atoms with Gasteiger partial charge >= 0.3 is 0 Å². The van der Waals surface area contributed by atoms with E-state index in [9.17, 15) is 0 Å². The second kappa shape index (κ2) is 5.90. The van der Waals surface area contributed by atoms with Crippen molar-refractivity contribution in [3.8, 4) is 17.0 Å². The SMILES string of the molecule is CCc1cc(-c2cc(C(C)C)ccc2OC)nc(N)n1. The molecule has 4 heteroatoms. The lowest BCUT2D eigenvalue weighted by atomic mass is 9.98. The van der Waals surface area contributed by atoms with Gasteiger partial charge in [-0.2, -0.15) is 0 Å². The molecule has 0 amide bonds. The summed E-state index contributed by atoms with van der Waals surface area (Å²) in [6.45, 7) is 6.38. The lowest BCUT2D eigenvalue weighted by Crippen LogP contribution is -2.01. The number of rotatable bonds is 4. The number of hydrogen-bond donors (Lipinski definition) is 1. The molecule has 1 heterocycles. The molecule has 2 aromatic rings. The first-order valence-electron chi connectivity index (χ1n) is 6.86. The van der Waals surface area contributed by atoms with Gasteiger partial charge in [0, 0.05) is 11.3 Å². The van der Waals surface area contributed by atoms with Crippen molar-refractivity contribution in [1.29, 1.82) is 0 Å². The molecule has 20 heavy (non-hydrogen) atoms. The Bertz CT molecular complexity index is 609. The third-order valence-electron chi connectivity index (χ3n) is 3.32. The summed E-state index contributed by atoms with van der Waals surface area (Å²) in [6, 6.07) is 8.15. The molecule has 0 atom stereocenters. The number of anilines is 1. The van der Waals surface area contributed by atoms with Gasteiger partial charge in [0.1, 0.15) is 5.75 Å². The molecule has 2 N–H and O–H groups in total. The lowest BCUT2D eigenvalue weighted by Gasteiger charge is -2.13. The van der Waals surface area contributed by atoms with Crippen LogP contribution >= 0.6 is 0 Å². The maximum absolute atomic E-state index is 5.80. The van der Waals surface area contributed by atoms with Crippen molar-refractivity contribution < 1.29 is 4.74 Å². The van der Waals surface area contributed by atoms with Crippen LogP contribution < -0.4 is 10.5 Å². The number of hydrogen-bond acceptors (Lipinski definition) is 4. The third kappa shape index (κ3) is 2.90. The molecular formula is C16H21N3O. The zero-order valence-corrected chi connectivity index (χ0v) is 12.5. The number of aromatic nitrogens is 2. The second-order valence-electron chi connectivity index (χ2n) is 5.07. The van der Waals surface area contributed by atoms with Crippen LogP contribution in [0.25, 0.3) is 11.3 Å². The summed E-state index contributed by atoms with van der Waals surface area (Å²) in [7, 11) is 1.67. The molecule has 0 fully saturated rings. The highest BCUT2D eigenvalue weighted by molar-refractivity contribution is 5.69. The highest BCUT2D eigenvalue weighted by atomic mass is 16.5. The van der Waals surface area contributed by atoms with Gasteiger partial charge in [-0.05, 0) is 36.1 Å². The third-order valence-corrected chi connectivity index (χ3v) is 3.32. The van der Waals surface area contributed by atoms with Crippen LogP contribution in [0.1, 0.15) is 37.9 Å². The fraction of sp³-hybridized carbons (Fsp3) is 0.375. The molecular weight excluding hydrogens is 250 g/mol. The van der Waals surface area contributed by atoms with E-state index in [2.05, 4.69) is 35.9 Å². The standard InChI is InChI=1S/C16H21N3O/c1-5-12-9-14(19-16(17)18-12)13-8-11(10(2)3)6-7-15(13)20-4/h6-10H,5H2,1-4H3,(H2,17,18,19). The van der Waals surface area contributed by atoms with Crippen LogP contribution in [0.3, 0.4) is 0 Å². The summed E-state index contributed by atoms with van der Waals surface area (Å²) < 4.78 is 5.45. The number of benzene rings is 1. The molecule has 0 unspecified atom stereocenters. The largest absolute Gasteiger partial charge is 0.496 e. The summed E-state index contributed by atoms with van der Waals surface area (Å²) in [5, 5.41) is 0. The van der Waals surface area contributed by atoms with Crippen LogP contribution in [-0.4, -0.2) is 17.1 Å². The molecule has 0 saturated heterocycles. The fourth-order valence-corrected chi connectivity index (χ4v) is 2.12. The Balaban J connectivity index is 2.60. The first kappa shape index (κ1) is 14.3. The van der Waals surface area contributed by atoms with Crippen LogP contribution in [-0.2, 0) is 6.42 Å². The highest BCUT2D eigenvalue weighted by Crippen LogP contribution is 2.32. The zero-order chi connectivity index (χ0) is 14.7. The van der Waals surface area contributed by atoms with E-state index in [0.717, 1.165) is 29.1 Å². The minimum absolute atomic E-state index is 0.302. The molecule has 106 valence electrons. The topological polar surface area (TPSA) is 61.0 Å². The van der Waals surface area contributed by atoms with Crippen LogP contribution in [0, 0.1) is 0 Å². The zero-order valence-electron chi connectivity index (χ0n) is 12.5. The summed E-state index contributed by atoms with van der Waals surface area (Å²) in [5.74, 6) is 1.55. The van der Waals surface area contributed by atoms with Crippen molar-refractivity contribution in [2.45, 2.75) is 33.1 Å². The van der Waals surface area contributed by atoms with Gasteiger partial charge in [-0.3, -0.25) is 0 Å². The molecule has 0 saturated carbocycles. The molecule has 0 aliphatic heterocycles. The molecule has 0 aliphatic rings. The van der Waals surface area contributed by atoms with E-state index < -0.39 is 0 Å². The van der Waals surface area contributed by atoms with Crippen LogP contribution in [0.4, 0.5) is 5.95 Å². The summed E-state index contributed by atoms with van der Waals surface area (Å²) in [4.78, 5) is 8.56. The smallest absolute Gasteiger partial charge is 0.220 e. The van der Waals surface area contributed by atoms with Crippen molar-refractivity contribution in [1.82, 2.24) is 9.97 Å². The second-order valence-corrected chi connectivity index (χ2v) is 5.07. The number of aryl methyl sites for hydroxylation is 1. The normalized spacial score (nSPS) is 10.8. The Morgan fingerprint density at radius 1 is 1.20 bits per heavy atom. The number of nitrogen functional groups attached to an aromatic ring is 1. The molecule has 0 radical (unpaired) electrons. The van der Waals surface area contributed by atoms with Crippen molar-refractivity contribution in [3.63, 3.8) is 0 Å². The van der Waals surface area contributed by atoms with E-state index in [0.29, 0.717) is 11.9 Å². The molecule has 2 rings (SSSR count). The van der Waals surface area contributed by atoms with Gasteiger partial charge in [0.15, 0.2) is 0 Å². The predicted molar refractivity (Wildman–Crippen MR) is 81.9 cm³/mol. The van der Waals surface area contributed by atoms with E-state index in [-0.39, 0.29) is 0 Å². The molecule has 1 aromatic carbocycles. The lowest BCUT2D eigenvalue weighted by molar-refractivity contribution is 0.416. The van der Waals surface area contributed by atoms with Crippen LogP contribution in [0.5, 0.6) is 5.75 Å². The van der Waals surface area contributed by atoms with E-state index in [1.54, 1.807) is 7.11 Å². The number of nitrogens with zero attached hydrogens (tertiary/aromatic N) is 2. The minimum atomic E-state index is 0.302. The van der Waals surface area contributed by atoms with E-state index in [1.807, 2.05) is 19.1 Å². The molecule has 0 spiro atoms. The van der Waals surface area contributed by atoms with Gasteiger partial charge in [-0.1, -0.05) is 26.8 Å². The number of nitrogens with two attached hydrogens (primary N) is 1. The first-order chi connectivity index (χ1) is 9.55. The number of ether oxygens (including phenoxy) is 1. The van der Waals surface area contributed by atoms with Gasteiger partial charge in [0.25, 0.3) is 0 Å². The van der Waals surface area contributed by atoms with Crippen LogP contribution in [0.2, 0.25) is 0 Å². The van der Waals surface area contributed by atoms with Crippen molar-refractivity contribution >= 4 is 5.95 Å². The Hall–Kier alpha value is -2.10. The Kier molecular flexibility index (Phi) is 4.23. The van der Waals surface area contributed by atoms with Crippen molar-refractivity contribution in [3.05, 3.63) is 35.5 Å². The maximum Gasteiger partial charge on any atom is 0.220 e. The average Bonchev–Trinajstić information content (AvgIpc) is 2.45. The molecule has 0 bridgehead atoms. The van der Waals surface area contributed by atoms with Crippen LogP contribution in [0.15, 0.2) is 24.3 Å². The summed E-state index contributed by atoms with van der Waals surface area (Å²) in [6.07, 6.45) is 0.825. The Morgan fingerprint density at radius 2 is 1.95 bits per heavy atom. The summed E-state index contributed by atoms with van der Waals surface area (Å²) in [5.41, 5.74) is 9.75. The highest BCUT2D eigenvalue weighted by Gasteiger charge is 2.12. The van der Waals surface area contributed by atoms with E-state index >= 15 is 0 Å². The monoisotopic (exact) mass is 271 g/mol. The summed E-state index contributed by atoms with van der Waals surface area (Å²) >= 11 is 0. The Morgan fingerprint density at radius 3 is 2.55 bits per heavy atom. The van der Waals surface area contributed by atoms with E-state index in [1.165, 1.54) is 5.56 Å². The molecule has 0 aliphatic carbocycles. The van der Waals surface area contributed by atoms with Crippen molar-refractivity contribution in [2.24, 2.45) is 0 Å². The maximum atomic E-state index is 5.80. The van der Waals surface area contributed by atoms with Gasteiger partial charge in [0.2, 0.25) is 5.95 Å². The minimum Gasteiger partial charge on any atom is -0.496 e. The quantitative estimate of drug-likeness (QED) is 0.925. The average molecular weight is 271 g/mol. The van der Waals surface area contributed by atoms with Gasteiger partial charge in [-0.15, -0.1) is 0 Å². The van der Waals surface area contributed by atoms with Crippen molar-refractivity contribution in [2.75, 3.05) is 12.8 Å². The van der Waals surface area contributed by atoms with Gasteiger partial charge < -0.3 is 10.5 Å². The molecule has 4 nitrogen and oxygen atoms in total. The first-order valence-corrected chi connectivity index (χ1v) is 6.86. The van der Waals surface area contributed by atoms with Gasteiger partial charge in [-0.25, -0.2) is 9.97 Å². The van der Waals surface area contributed by atoms with Gasteiger partial charge in [0.05, 0.1) is 12.8 Å². The predicted octanol–water partition coefficient (Wildman–Crippen LogP) is 3.42. The Labute approximate surface area is 120 Å². The fourth-order valence-electron chi connectivity index (χ4n) is 2.12. The van der Waals surface area contributed by atoms with E-state index in [4.69, 9.17) is 10.5 Å². The molecule has 1 aromatic heterocycles.